The number of imide groups is 1. The summed E-state index contributed by atoms with van der Waals surface area (Å²) < 4.78 is 7.07. The molecule has 0 bridgehead atoms. The van der Waals surface area contributed by atoms with E-state index in [4.69, 9.17) is 10.5 Å². The summed E-state index contributed by atoms with van der Waals surface area (Å²) in [5, 5.41) is 6.55. The van der Waals surface area contributed by atoms with Gasteiger partial charge in [0, 0.05) is 11.8 Å². The molecule has 1 atom stereocenters. The third-order valence-electron chi connectivity index (χ3n) is 4.62. The fourth-order valence-electron chi connectivity index (χ4n) is 3.02. The average Bonchev–Trinajstić information content (AvgIpc) is 3.18. The SMILES string of the molecule is Cc1ccc(-c2nn(-c3ccccc3)cc2C(=O)O[C@H](C(=O)NC(N)=O)C(C)C)cc1. The van der Waals surface area contributed by atoms with E-state index in [1.165, 1.54) is 0 Å². The van der Waals surface area contributed by atoms with Crippen LogP contribution in [0.25, 0.3) is 16.9 Å². The van der Waals surface area contributed by atoms with E-state index in [0.717, 1.165) is 16.8 Å². The summed E-state index contributed by atoms with van der Waals surface area (Å²) >= 11 is 0. The molecule has 1 aromatic heterocycles. The lowest BCUT2D eigenvalue weighted by atomic mass is 10.1. The molecule has 0 radical (unpaired) electrons. The molecule has 0 saturated carbocycles. The van der Waals surface area contributed by atoms with Crippen molar-refractivity contribution < 1.29 is 19.1 Å². The van der Waals surface area contributed by atoms with Gasteiger partial charge in [-0.2, -0.15) is 5.10 Å². The Balaban J connectivity index is 2.00. The average molecular weight is 420 g/mol. The second-order valence-corrected chi connectivity index (χ2v) is 7.46. The van der Waals surface area contributed by atoms with Gasteiger partial charge >= 0.3 is 12.0 Å². The number of nitrogens with two attached hydrogens (primary N) is 1. The van der Waals surface area contributed by atoms with Crippen molar-refractivity contribution in [1.29, 1.82) is 0 Å². The van der Waals surface area contributed by atoms with E-state index in [-0.39, 0.29) is 11.5 Å². The van der Waals surface area contributed by atoms with Gasteiger partial charge in [-0.3, -0.25) is 10.1 Å². The number of amides is 3. The number of carbonyl (C=O) groups excluding carboxylic acids is 3. The molecule has 160 valence electrons. The van der Waals surface area contributed by atoms with Crippen LogP contribution in [-0.2, 0) is 9.53 Å². The number of esters is 1. The van der Waals surface area contributed by atoms with Crippen LogP contribution in [0.4, 0.5) is 4.79 Å². The van der Waals surface area contributed by atoms with Crippen LogP contribution in [0.5, 0.6) is 0 Å². The van der Waals surface area contributed by atoms with E-state index < -0.39 is 24.0 Å². The van der Waals surface area contributed by atoms with Crippen molar-refractivity contribution in [3.05, 3.63) is 71.9 Å². The highest BCUT2D eigenvalue weighted by Gasteiger charge is 2.30. The Morgan fingerprint density at radius 3 is 2.26 bits per heavy atom. The Morgan fingerprint density at radius 1 is 1.03 bits per heavy atom. The van der Waals surface area contributed by atoms with E-state index in [0.29, 0.717) is 5.69 Å². The van der Waals surface area contributed by atoms with Crippen LogP contribution in [0.15, 0.2) is 60.8 Å². The molecule has 0 spiro atoms. The van der Waals surface area contributed by atoms with Gasteiger partial charge in [0.2, 0.25) is 0 Å². The fourth-order valence-corrected chi connectivity index (χ4v) is 3.02. The second kappa shape index (κ2) is 9.25. The predicted octanol–water partition coefficient (Wildman–Crippen LogP) is 3.22. The van der Waals surface area contributed by atoms with Gasteiger partial charge in [0.15, 0.2) is 6.10 Å². The third-order valence-corrected chi connectivity index (χ3v) is 4.62. The summed E-state index contributed by atoms with van der Waals surface area (Å²) in [6, 6.07) is 15.9. The molecule has 3 N–H and O–H groups in total. The van der Waals surface area contributed by atoms with Crippen molar-refractivity contribution in [2.24, 2.45) is 11.7 Å². The van der Waals surface area contributed by atoms with Gasteiger partial charge in [0.05, 0.1) is 5.69 Å². The minimum Gasteiger partial charge on any atom is -0.448 e. The van der Waals surface area contributed by atoms with Crippen molar-refractivity contribution in [3.63, 3.8) is 0 Å². The van der Waals surface area contributed by atoms with Crippen molar-refractivity contribution in [1.82, 2.24) is 15.1 Å². The number of aryl methyl sites for hydroxylation is 1. The van der Waals surface area contributed by atoms with E-state index in [9.17, 15) is 14.4 Å². The monoisotopic (exact) mass is 420 g/mol. The fraction of sp³-hybridized carbons (Fsp3) is 0.217. The first-order valence-electron chi connectivity index (χ1n) is 9.79. The molecular weight excluding hydrogens is 396 g/mol. The molecule has 8 nitrogen and oxygen atoms in total. The Labute approximate surface area is 180 Å². The number of hydrogen-bond donors (Lipinski definition) is 2. The molecule has 0 fully saturated rings. The lowest BCUT2D eigenvalue weighted by Crippen LogP contribution is -2.45. The Morgan fingerprint density at radius 2 is 1.68 bits per heavy atom. The molecule has 3 rings (SSSR count). The first-order chi connectivity index (χ1) is 14.8. The summed E-state index contributed by atoms with van der Waals surface area (Å²) in [5.41, 5.74) is 8.22. The minimum absolute atomic E-state index is 0.199. The Bertz CT molecular complexity index is 1090. The largest absolute Gasteiger partial charge is 0.448 e. The molecule has 0 aliphatic heterocycles. The number of nitrogens with one attached hydrogen (secondary N) is 1. The molecule has 8 heteroatoms. The number of benzene rings is 2. The van der Waals surface area contributed by atoms with Crippen LogP contribution in [0.3, 0.4) is 0 Å². The molecule has 2 aromatic carbocycles. The summed E-state index contributed by atoms with van der Waals surface area (Å²) in [7, 11) is 0. The summed E-state index contributed by atoms with van der Waals surface area (Å²) in [6.07, 6.45) is 0.377. The van der Waals surface area contributed by atoms with Gasteiger partial charge < -0.3 is 10.5 Å². The van der Waals surface area contributed by atoms with Crippen LogP contribution < -0.4 is 11.1 Å². The zero-order chi connectivity index (χ0) is 22.5. The minimum atomic E-state index is -1.19. The number of rotatable bonds is 6. The van der Waals surface area contributed by atoms with Crippen LogP contribution in [-0.4, -0.2) is 33.8 Å². The Kier molecular flexibility index (Phi) is 6.49. The zero-order valence-electron chi connectivity index (χ0n) is 17.5. The topological polar surface area (TPSA) is 116 Å². The summed E-state index contributed by atoms with van der Waals surface area (Å²) in [4.78, 5) is 36.4. The number of carbonyl (C=O) groups is 3. The number of primary amides is 1. The number of urea groups is 1. The quantitative estimate of drug-likeness (QED) is 0.594. The van der Waals surface area contributed by atoms with Crippen LogP contribution in [0.1, 0.15) is 29.8 Å². The van der Waals surface area contributed by atoms with Gasteiger partial charge in [-0.15, -0.1) is 0 Å². The molecule has 3 amide bonds. The van der Waals surface area contributed by atoms with Crippen molar-refractivity contribution in [2.75, 3.05) is 0 Å². The molecule has 3 aromatic rings. The molecule has 0 unspecified atom stereocenters. The van der Waals surface area contributed by atoms with Gasteiger partial charge in [-0.05, 0) is 25.0 Å². The first kappa shape index (κ1) is 21.8. The highest BCUT2D eigenvalue weighted by molar-refractivity contribution is 6.00. The van der Waals surface area contributed by atoms with E-state index in [2.05, 4.69) is 5.10 Å². The number of nitrogens with zero attached hydrogens (tertiary/aromatic N) is 2. The van der Waals surface area contributed by atoms with Gasteiger partial charge in [0.1, 0.15) is 11.3 Å². The van der Waals surface area contributed by atoms with Gasteiger partial charge in [0.25, 0.3) is 5.91 Å². The van der Waals surface area contributed by atoms with E-state index in [1.807, 2.05) is 66.8 Å². The predicted molar refractivity (Wildman–Crippen MR) is 116 cm³/mol. The van der Waals surface area contributed by atoms with Crippen molar-refractivity contribution in [2.45, 2.75) is 26.9 Å². The van der Waals surface area contributed by atoms with Gasteiger partial charge in [-0.1, -0.05) is 61.9 Å². The molecule has 0 saturated heterocycles. The highest BCUT2D eigenvalue weighted by atomic mass is 16.5. The summed E-state index contributed by atoms with van der Waals surface area (Å²) in [6.45, 7) is 5.37. The first-order valence-corrected chi connectivity index (χ1v) is 9.79. The number of ether oxygens (including phenoxy) is 1. The maximum absolute atomic E-state index is 13.1. The maximum Gasteiger partial charge on any atom is 0.342 e. The number of para-hydroxylation sites is 1. The van der Waals surface area contributed by atoms with Crippen molar-refractivity contribution in [3.8, 4) is 16.9 Å². The zero-order valence-corrected chi connectivity index (χ0v) is 17.5. The standard InChI is InChI=1S/C23H24N4O4/c1-14(2)20(21(28)25-23(24)30)31-22(29)18-13-27(17-7-5-4-6-8-17)26-19(18)16-11-9-15(3)10-12-16/h4-14,20H,1-3H3,(H3,24,25,28,30)/t20-/m0/s1. The second-order valence-electron chi connectivity index (χ2n) is 7.46. The van der Waals surface area contributed by atoms with Crippen molar-refractivity contribution >= 4 is 17.9 Å². The molecule has 1 heterocycles. The normalized spacial score (nSPS) is 11.7. The van der Waals surface area contributed by atoms with E-state index >= 15 is 0 Å². The lowest BCUT2D eigenvalue weighted by molar-refractivity contribution is -0.130. The van der Waals surface area contributed by atoms with E-state index in [1.54, 1.807) is 24.7 Å². The van der Waals surface area contributed by atoms with Crippen LogP contribution >= 0.6 is 0 Å². The third kappa shape index (κ3) is 5.16. The number of hydrogen-bond acceptors (Lipinski definition) is 5. The van der Waals surface area contributed by atoms with Crippen LogP contribution in [0.2, 0.25) is 0 Å². The maximum atomic E-state index is 13.1. The van der Waals surface area contributed by atoms with Crippen LogP contribution in [0, 0.1) is 12.8 Å². The smallest absolute Gasteiger partial charge is 0.342 e. The lowest BCUT2D eigenvalue weighted by Gasteiger charge is -2.19. The molecular formula is C23H24N4O4. The molecule has 0 aliphatic carbocycles. The highest BCUT2D eigenvalue weighted by Crippen LogP contribution is 2.26. The molecule has 31 heavy (non-hydrogen) atoms. The number of aromatic nitrogens is 2. The van der Waals surface area contributed by atoms with Gasteiger partial charge in [-0.25, -0.2) is 14.3 Å². The summed E-state index contributed by atoms with van der Waals surface area (Å²) in [5.74, 6) is -1.88. The Hall–Kier alpha value is -3.94. The molecule has 0 aliphatic rings.